The van der Waals surface area contributed by atoms with Crippen LogP contribution in [0.5, 0.6) is 0 Å². The molecular formula is C12H15ClN4O. The molecule has 0 atom stereocenters. The summed E-state index contributed by atoms with van der Waals surface area (Å²) in [6.07, 6.45) is 1.62. The Labute approximate surface area is 110 Å². The Kier molecular flexibility index (Phi) is 3.72. The van der Waals surface area contributed by atoms with E-state index in [2.05, 4.69) is 15.3 Å². The topological polar surface area (TPSA) is 77.0 Å². The number of hydrogen-bond acceptors (Lipinski definition) is 5. The van der Waals surface area contributed by atoms with Gasteiger partial charge in [-0.3, -0.25) is 0 Å². The normalized spacial score (nSPS) is 10.9. The third-order valence-electron chi connectivity index (χ3n) is 2.44. The van der Waals surface area contributed by atoms with Crippen molar-refractivity contribution in [2.24, 2.45) is 0 Å². The fraction of sp³-hybridized carbons (Fsp3) is 0.333. The van der Waals surface area contributed by atoms with Crippen molar-refractivity contribution in [3.8, 4) is 0 Å². The fourth-order valence-electron chi connectivity index (χ4n) is 1.44. The molecule has 0 aromatic carbocycles. The molecule has 3 N–H and O–H groups in total. The largest absolute Gasteiger partial charge is 0.467 e. The number of hydrogen-bond donors (Lipinski definition) is 2. The number of aromatic nitrogens is 2. The first-order valence-electron chi connectivity index (χ1n) is 5.67. The molecule has 18 heavy (non-hydrogen) atoms. The van der Waals surface area contributed by atoms with Crippen LogP contribution in [-0.2, 0) is 6.54 Å². The van der Waals surface area contributed by atoms with Crippen molar-refractivity contribution in [1.82, 2.24) is 9.97 Å². The molecular weight excluding hydrogens is 252 g/mol. The molecule has 5 nitrogen and oxygen atoms in total. The first-order chi connectivity index (χ1) is 8.58. The van der Waals surface area contributed by atoms with Crippen LogP contribution in [0.15, 0.2) is 22.8 Å². The summed E-state index contributed by atoms with van der Waals surface area (Å²) >= 11 is 5.98. The van der Waals surface area contributed by atoms with E-state index in [1.807, 2.05) is 26.0 Å². The molecule has 0 saturated heterocycles. The summed E-state index contributed by atoms with van der Waals surface area (Å²) in [5, 5.41) is 3.37. The van der Waals surface area contributed by atoms with E-state index in [0.29, 0.717) is 23.9 Å². The van der Waals surface area contributed by atoms with Crippen LogP contribution >= 0.6 is 11.6 Å². The van der Waals surface area contributed by atoms with Crippen LogP contribution in [0.2, 0.25) is 5.15 Å². The zero-order valence-electron chi connectivity index (χ0n) is 10.3. The molecule has 2 aromatic rings. The predicted molar refractivity (Wildman–Crippen MR) is 71.6 cm³/mol. The third-order valence-corrected chi connectivity index (χ3v) is 2.73. The summed E-state index contributed by atoms with van der Waals surface area (Å²) in [7, 11) is 0. The van der Waals surface area contributed by atoms with Crippen molar-refractivity contribution in [3.05, 3.63) is 35.1 Å². The molecule has 2 aromatic heterocycles. The van der Waals surface area contributed by atoms with E-state index in [1.54, 1.807) is 6.26 Å². The smallest absolute Gasteiger partial charge is 0.157 e. The number of halogens is 1. The van der Waals surface area contributed by atoms with Gasteiger partial charge in [-0.1, -0.05) is 25.4 Å². The van der Waals surface area contributed by atoms with Crippen molar-refractivity contribution in [1.29, 1.82) is 0 Å². The Morgan fingerprint density at radius 1 is 1.44 bits per heavy atom. The molecule has 2 heterocycles. The highest BCUT2D eigenvalue weighted by molar-refractivity contribution is 6.32. The lowest BCUT2D eigenvalue weighted by molar-refractivity contribution is 0.517. The Morgan fingerprint density at radius 3 is 2.83 bits per heavy atom. The summed E-state index contributed by atoms with van der Waals surface area (Å²) < 4.78 is 5.22. The van der Waals surface area contributed by atoms with Crippen molar-refractivity contribution < 1.29 is 4.42 Å². The van der Waals surface area contributed by atoms with E-state index >= 15 is 0 Å². The number of furan rings is 1. The Bertz CT molecular complexity index is 525. The van der Waals surface area contributed by atoms with E-state index in [1.165, 1.54) is 0 Å². The minimum absolute atomic E-state index is 0.187. The van der Waals surface area contributed by atoms with Crippen molar-refractivity contribution >= 4 is 23.1 Å². The van der Waals surface area contributed by atoms with E-state index < -0.39 is 0 Å². The van der Waals surface area contributed by atoms with Gasteiger partial charge in [0.2, 0.25) is 0 Å². The van der Waals surface area contributed by atoms with E-state index in [0.717, 1.165) is 5.76 Å². The highest BCUT2D eigenvalue weighted by atomic mass is 35.5. The molecule has 0 aliphatic rings. The molecule has 0 saturated carbocycles. The van der Waals surface area contributed by atoms with Crippen molar-refractivity contribution in [3.63, 3.8) is 0 Å². The van der Waals surface area contributed by atoms with Crippen LogP contribution in [-0.4, -0.2) is 9.97 Å². The lowest BCUT2D eigenvalue weighted by atomic mass is 10.2. The van der Waals surface area contributed by atoms with Gasteiger partial charge in [0.05, 0.1) is 12.8 Å². The number of anilines is 2. The first kappa shape index (κ1) is 12.7. The molecule has 0 amide bonds. The summed E-state index contributed by atoms with van der Waals surface area (Å²) in [6, 6.07) is 3.70. The number of nitrogens with zero attached hydrogens (tertiary/aromatic N) is 2. The van der Waals surface area contributed by atoms with Crippen LogP contribution in [0.3, 0.4) is 0 Å². The first-order valence-corrected chi connectivity index (χ1v) is 6.05. The molecule has 0 aliphatic heterocycles. The maximum atomic E-state index is 5.98. The summed E-state index contributed by atoms with van der Waals surface area (Å²) in [4.78, 5) is 8.50. The SMILES string of the molecule is CC(C)c1nc(Cl)c(N)c(NCc2ccco2)n1. The quantitative estimate of drug-likeness (QED) is 0.832. The Hall–Kier alpha value is -1.75. The summed E-state index contributed by atoms with van der Waals surface area (Å²) in [5.74, 6) is 2.19. The molecule has 6 heteroatoms. The average Bonchev–Trinajstić information content (AvgIpc) is 2.83. The lowest BCUT2D eigenvalue weighted by Crippen LogP contribution is -2.09. The Balaban J connectivity index is 2.20. The zero-order valence-corrected chi connectivity index (χ0v) is 11.0. The minimum atomic E-state index is 0.187. The standard InChI is InChI=1S/C12H15ClN4O/c1-7(2)11-16-10(13)9(14)12(17-11)15-6-8-4-3-5-18-8/h3-5,7H,6,14H2,1-2H3,(H,15,16,17). The molecule has 0 spiro atoms. The number of nitrogen functional groups attached to an aromatic ring is 1. The monoisotopic (exact) mass is 266 g/mol. The molecule has 0 radical (unpaired) electrons. The molecule has 0 fully saturated rings. The second kappa shape index (κ2) is 5.27. The zero-order chi connectivity index (χ0) is 13.1. The van der Waals surface area contributed by atoms with Gasteiger partial charge >= 0.3 is 0 Å². The number of nitrogens with one attached hydrogen (secondary N) is 1. The van der Waals surface area contributed by atoms with E-state index in [-0.39, 0.29) is 11.1 Å². The second-order valence-electron chi connectivity index (χ2n) is 4.22. The molecule has 96 valence electrons. The molecule has 0 aliphatic carbocycles. The number of nitrogens with two attached hydrogens (primary N) is 1. The van der Waals surface area contributed by atoms with Gasteiger partial charge in [-0.25, -0.2) is 9.97 Å². The maximum Gasteiger partial charge on any atom is 0.157 e. The minimum Gasteiger partial charge on any atom is -0.467 e. The third kappa shape index (κ3) is 2.73. The van der Waals surface area contributed by atoms with Crippen LogP contribution in [0.25, 0.3) is 0 Å². The summed E-state index contributed by atoms with van der Waals surface area (Å²) in [6.45, 7) is 4.50. The van der Waals surface area contributed by atoms with Gasteiger partial charge in [0.15, 0.2) is 11.0 Å². The highest BCUT2D eigenvalue weighted by Crippen LogP contribution is 2.26. The van der Waals surface area contributed by atoms with Crippen LogP contribution < -0.4 is 11.1 Å². The Morgan fingerprint density at radius 2 is 2.22 bits per heavy atom. The maximum absolute atomic E-state index is 5.98. The van der Waals surface area contributed by atoms with Gasteiger partial charge in [0, 0.05) is 5.92 Å². The predicted octanol–water partition coefficient (Wildman–Crippen LogP) is 3.04. The van der Waals surface area contributed by atoms with Gasteiger partial charge < -0.3 is 15.5 Å². The average molecular weight is 267 g/mol. The molecule has 0 unspecified atom stereocenters. The number of rotatable bonds is 4. The fourth-order valence-corrected chi connectivity index (χ4v) is 1.61. The van der Waals surface area contributed by atoms with E-state index in [9.17, 15) is 0 Å². The molecule has 0 bridgehead atoms. The lowest BCUT2D eigenvalue weighted by Gasteiger charge is -2.11. The van der Waals surface area contributed by atoms with Gasteiger partial charge in [0.25, 0.3) is 0 Å². The van der Waals surface area contributed by atoms with Gasteiger partial charge in [-0.05, 0) is 12.1 Å². The van der Waals surface area contributed by atoms with E-state index in [4.69, 9.17) is 21.8 Å². The van der Waals surface area contributed by atoms with Crippen molar-refractivity contribution in [2.45, 2.75) is 26.3 Å². The van der Waals surface area contributed by atoms with Gasteiger partial charge in [-0.15, -0.1) is 0 Å². The van der Waals surface area contributed by atoms with Gasteiger partial charge in [-0.2, -0.15) is 0 Å². The van der Waals surface area contributed by atoms with Crippen LogP contribution in [0.1, 0.15) is 31.4 Å². The van der Waals surface area contributed by atoms with Crippen molar-refractivity contribution in [2.75, 3.05) is 11.1 Å². The second-order valence-corrected chi connectivity index (χ2v) is 4.58. The highest BCUT2D eigenvalue weighted by Gasteiger charge is 2.12. The summed E-state index contributed by atoms with van der Waals surface area (Å²) in [5.41, 5.74) is 6.20. The van der Waals surface area contributed by atoms with Gasteiger partial charge in [0.1, 0.15) is 17.3 Å². The van der Waals surface area contributed by atoms with Crippen LogP contribution in [0, 0.1) is 0 Å². The van der Waals surface area contributed by atoms with Crippen LogP contribution in [0.4, 0.5) is 11.5 Å². The molecule has 2 rings (SSSR count).